The van der Waals surface area contributed by atoms with Gasteiger partial charge in [-0.25, -0.2) is 0 Å². The summed E-state index contributed by atoms with van der Waals surface area (Å²) in [5.74, 6) is -0.833. The number of hydrogen-bond donors (Lipinski definition) is 1. The first-order valence-corrected chi connectivity index (χ1v) is 3.84. The summed E-state index contributed by atoms with van der Waals surface area (Å²) in [5.41, 5.74) is 0. The zero-order valence-electron chi connectivity index (χ0n) is 8.16. The number of carbonyl (C=O) groups is 1. The lowest BCUT2D eigenvalue weighted by molar-refractivity contribution is -0.134. The molecule has 74 valence electrons. The Morgan fingerprint density at radius 2 is 2.00 bits per heavy atom. The largest absolute Gasteiger partial charge is 0.481 e. The van der Waals surface area contributed by atoms with Crippen molar-refractivity contribution < 1.29 is 19.4 Å². The molecule has 0 spiro atoms. The number of methoxy groups -OCH3 is 1. The monoisotopic (exact) mass is 178 g/mol. The molecule has 0 saturated heterocycles. The van der Waals surface area contributed by atoms with Crippen LogP contribution in [0, 0.1) is 0 Å². The van der Waals surface area contributed by atoms with Gasteiger partial charge >= 0.3 is 0 Å². The van der Waals surface area contributed by atoms with Gasteiger partial charge in [0.1, 0.15) is 0 Å². The third kappa shape index (κ3) is 22.8. The Hall–Kier alpha value is -0.610. The molecule has 0 aromatic rings. The van der Waals surface area contributed by atoms with Gasteiger partial charge in [0.25, 0.3) is 5.97 Å². The molecule has 0 radical (unpaired) electrons. The van der Waals surface area contributed by atoms with Crippen LogP contribution in [0.4, 0.5) is 0 Å². The van der Waals surface area contributed by atoms with E-state index in [0.717, 1.165) is 13.5 Å². The number of ether oxygens (including phenoxy) is 2. The summed E-state index contributed by atoms with van der Waals surface area (Å²) in [6, 6.07) is 0. The second kappa shape index (κ2) is 10.4. The van der Waals surface area contributed by atoms with E-state index in [1.54, 1.807) is 7.11 Å². The van der Waals surface area contributed by atoms with E-state index in [0.29, 0.717) is 6.61 Å². The molecule has 4 nitrogen and oxygen atoms in total. The molecular formula is C8H18O4. The SMILES string of the molecule is CC(=O)O.CCOC(C)COC. The maximum Gasteiger partial charge on any atom is 0.300 e. The zero-order valence-corrected chi connectivity index (χ0v) is 8.16. The predicted molar refractivity (Wildman–Crippen MR) is 46.3 cm³/mol. The van der Waals surface area contributed by atoms with E-state index in [-0.39, 0.29) is 6.10 Å². The lowest BCUT2D eigenvalue weighted by atomic mass is 10.4. The second-order valence-electron chi connectivity index (χ2n) is 2.24. The summed E-state index contributed by atoms with van der Waals surface area (Å²) >= 11 is 0. The van der Waals surface area contributed by atoms with E-state index in [4.69, 9.17) is 19.4 Å². The minimum absolute atomic E-state index is 0.241. The first-order chi connectivity index (χ1) is 5.54. The van der Waals surface area contributed by atoms with Crippen molar-refractivity contribution in [1.29, 1.82) is 0 Å². The fourth-order valence-electron chi connectivity index (χ4n) is 0.567. The van der Waals surface area contributed by atoms with Crippen LogP contribution in [0.5, 0.6) is 0 Å². The van der Waals surface area contributed by atoms with E-state index >= 15 is 0 Å². The Morgan fingerprint density at radius 1 is 1.58 bits per heavy atom. The fourth-order valence-corrected chi connectivity index (χ4v) is 0.567. The summed E-state index contributed by atoms with van der Waals surface area (Å²) in [6.07, 6.45) is 0.241. The summed E-state index contributed by atoms with van der Waals surface area (Å²) in [4.78, 5) is 9.00. The lowest BCUT2D eigenvalue weighted by Gasteiger charge is -2.08. The minimum atomic E-state index is -0.833. The van der Waals surface area contributed by atoms with Crippen molar-refractivity contribution in [2.75, 3.05) is 20.3 Å². The smallest absolute Gasteiger partial charge is 0.300 e. The molecule has 1 atom stereocenters. The zero-order chi connectivity index (χ0) is 9.98. The van der Waals surface area contributed by atoms with Crippen molar-refractivity contribution in [3.8, 4) is 0 Å². The predicted octanol–water partition coefficient (Wildman–Crippen LogP) is 1.15. The van der Waals surface area contributed by atoms with Crippen LogP contribution in [0.3, 0.4) is 0 Å². The van der Waals surface area contributed by atoms with Gasteiger partial charge in [0.2, 0.25) is 0 Å². The Kier molecular flexibility index (Phi) is 12.1. The van der Waals surface area contributed by atoms with Gasteiger partial charge in [0.15, 0.2) is 0 Å². The van der Waals surface area contributed by atoms with Gasteiger partial charge in [-0.05, 0) is 13.8 Å². The molecule has 0 rings (SSSR count). The fraction of sp³-hybridized carbons (Fsp3) is 0.875. The molecule has 1 unspecified atom stereocenters. The van der Waals surface area contributed by atoms with Crippen LogP contribution in [0.25, 0.3) is 0 Å². The van der Waals surface area contributed by atoms with Crippen LogP contribution in [-0.2, 0) is 14.3 Å². The van der Waals surface area contributed by atoms with Crippen molar-refractivity contribution >= 4 is 5.97 Å². The second-order valence-corrected chi connectivity index (χ2v) is 2.24. The Bertz CT molecular complexity index is 93.2. The van der Waals surface area contributed by atoms with Gasteiger partial charge in [0.05, 0.1) is 12.7 Å². The van der Waals surface area contributed by atoms with Gasteiger partial charge < -0.3 is 14.6 Å². The van der Waals surface area contributed by atoms with Crippen molar-refractivity contribution in [2.24, 2.45) is 0 Å². The van der Waals surface area contributed by atoms with Crippen molar-refractivity contribution in [1.82, 2.24) is 0 Å². The van der Waals surface area contributed by atoms with E-state index < -0.39 is 5.97 Å². The molecule has 4 heteroatoms. The highest BCUT2D eigenvalue weighted by Crippen LogP contribution is 1.88. The maximum absolute atomic E-state index is 9.00. The Morgan fingerprint density at radius 3 is 2.25 bits per heavy atom. The summed E-state index contributed by atoms with van der Waals surface area (Å²) in [5, 5.41) is 7.42. The van der Waals surface area contributed by atoms with Crippen LogP contribution >= 0.6 is 0 Å². The standard InChI is InChI=1S/C6H14O2.C2H4O2/c1-4-8-6(2)5-7-3;1-2(3)4/h6H,4-5H2,1-3H3;1H3,(H,3,4). The molecule has 0 aliphatic rings. The van der Waals surface area contributed by atoms with Crippen LogP contribution in [-0.4, -0.2) is 37.5 Å². The van der Waals surface area contributed by atoms with Crippen molar-refractivity contribution in [3.63, 3.8) is 0 Å². The number of rotatable bonds is 4. The van der Waals surface area contributed by atoms with E-state index in [9.17, 15) is 0 Å². The molecule has 1 N–H and O–H groups in total. The quantitative estimate of drug-likeness (QED) is 0.701. The molecule has 0 fully saturated rings. The summed E-state index contributed by atoms with van der Waals surface area (Å²) in [6.45, 7) is 6.51. The summed E-state index contributed by atoms with van der Waals surface area (Å²) in [7, 11) is 1.68. The topological polar surface area (TPSA) is 55.8 Å². The first kappa shape index (κ1) is 13.9. The number of carboxylic acids is 1. The third-order valence-corrected chi connectivity index (χ3v) is 0.853. The molecule has 0 saturated carbocycles. The van der Waals surface area contributed by atoms with Gasteiger partial charge in [-0.1, -0.05) is 0 Å². The average molecular weight is 178 g/mol. The normalized spacial score (nSPS) is 11.3. The molecule has 0 bridgehead atoms. The molecular weight excluding hydrogens is 160 g/mol. The lowest BCUT2D eigenvalue weighted by Crippen LogP contribution is -2.13. The highest BCUT2D eigenvalue weighted by atomic mass is 16.5. The van der Waals surface area contributed by atoms with Crippen LogP contribution in [0.15, 0.2) is 0 Å². The molecule has 0 aliphatic heterocycles. The van der Waals surface area contributed by atoms with Crippen LogP contribution in [0.2, 0.25) is 0 Å². The van der Waals surface area contributed by atoms with Crippen molar-refractivity contribution in [2.45, 2.75) is 26.9 Å². The van der Waals surface area contributed by atoms with E-state index in [2.05, 4.69) is 0 Å². The highest BCUT2D eigenvalue weighted by molar-refractivity contribution is 5.62. The van der Waals surface area contributed by atoms with E-state index in [1.165, 1.54) is 0 Å². The third-order valence-electron chi connectivity index (χ3n) is 0.853. The van der Waals surface area contributed by atoms with Gasteiger partial charge in [0, 0.05) is 20.6 Å². The number of hydrogen-bond acceptors (Lipinski definition) is 3. The van der Waals surface area contributed by atoms with E-state index in [1.807, 2.05) is 13.8 Å². The number of carboxylic acid groups (broad SMARTS) is 1. The molecule has 0 aromatic heterocycles. The van der Waals surface area contributed by atoms with Gasteiger partial charge in [-0.2, -0.15) is 0 Å². The molecule has 0 aromatic carbocycles. The molecule has 0 aliphatic carbocycles. The van der Waals surface area contributed by atoms with Crippen molar-refractivity contribution in [3.05, 3.63) is 0 Å². The average Bonchev–Trinajstić information content (AvgIpc) is 1.87. The molecule has 0 amide bonds. The first-order valence-electron chi connectivity index (χ1n) is 3.84. The van der Waals surface area contributed by atoms with Gasteiger partial charge in [-0.15, -0.1) is 0 Å². The van der Waals surface area contributed by atoms with Crippen LogP contribution in [0.1, 0.15) is 20.8 Å². The Balaban J connectivity index is 0. The molecule has 0 heterocycles. The number of aliphatic carboxylic acids is 1. The van der Waals surface area contributed by atoms with Gasteiger partial charge in [-0.3, -0.25) is 4.79 Å². The highest BCUT2D eigenvalue weighted by Gasteiger charge is 1.96. The molecule has 12 heavy (non-hydrogen) atoms. The summed E-state index contributed by atoms with van der Waals surface area (Å²) < 4.78 is 9.99. The minimum Gasteiger partial charge on any atom is -0.481 e. The van der Waals surface area contributed by atoms with Crippen LogP contribution < -0.4 is 0 Å². The maximum atomic E-state index is 9.00. The Labute approximate surface area is 73.5 Å².